The molecular formula is C23H19Cl2NO4S. The van der Waals surface area contributed by atoms with E-state index >= 15 is 0 Å². The van der Waals surface area contributed by atoms with Crippen LogP contribution in [0, 0.1) is 6.92 Å². The zero-order valence-electron chi connectivity index (χ0n) is 16.9. The second-order valence-electron chi connectivity index (χ2n) is 6.83. The van der Waals surface area contributed by atoms with Gasteiger partial charge in [-0.05, 0) is 61.2 Å². The van der Waals surface area contributed by atoms with Gasteiger partial charge in [-0.1, -0.05) is 35.3 Å². The Morgan fingerprint density at radius 2 is 1.97 bits per heavy atom. The molecule has 0 spiro atoms. The molecule has 160 valence electrons. The van der Waals surface area contributed by atoms with Crippen molar-refractivity contribution in [2.45, 2.75) is 20.3 Å². The van der Waals surface area contributed by atoms with Crippen molar-refractivity contribution in [3.05, 3.63) is 73.6 Å². The van der Waals surface area contributed by atoms with E-state index in [1.54, 1.807) is 25.3 Å². The molecule has 1 aromatic heterocycles. The molecule has 3 aromatic rings. The number of aryl methyl sites for hydroxylation is 1. The fraction of sp³-hybridized carbons (Fsp3) is 0.217. The minimum Gasteiger partial charge on any atom is -0.462 e. The molecule has 8 heteroatoms. The normalized spacial score (nSPS) is 12.5. The molecule has 2 heterocycles. The molecule has 0 saturated carbocycles. The number of rotatable bonds is 6. The van der Waals surface area contributed by atoms with Gasteiger partial charge in [0.2, 0.25) is 6.79 Å². The van der Waals surface area contributed by atoms with Crippen LogP contribution >= 0.6 is 34.5 Å². The zero-order chi connectivity index (χ0) is 22.0. The first kappa shape index (κ1) is 21.7. The lowest BCUT2D eigenvalue weighted by Gasteiger charge is -2.08. The summed E-state index contributed by atoms with van der Waals surface area (Å²) >= 11 is 13.5. The Bertz CT molecular complexity index is 1170. The fourth-order valence-corrected chi connectivity index (χ4v) is 4.57. The van der Waals surface area contributed by atoms with Gasteiger partial charge in [0, 0.05) is 11.1 Å². The Hall–Kier alpha value is -2.54. The predicted octanol–water partition coefficient (Wildman–Crippen LogP) is 6.61. The summed E-state index contributed by atoms with van der Waals surface area (Å²) in [5, 5.41) is 1.52. The molecule has 0 saturated heterocycles. The van der Waals surface area contributed by atoms with Crippen LogP contribution in [0.4, 0.5) is 5.00 Å². The topological polar surface area (TPSA) is 57.1 Å². The third-order valence-corrected chi connectivity index (χ3v) is 6.56. The molecule has 0 atom stereocenters. The zero-order valence-corrected chi connectivity index (χ0v) is 19.2. The van der Waals surface area contributed by atoms with Crippen molar-refractivity contribution in [1.29, 1.82) is 0 Å². The highest BCUT2D eigenvalue weighted by atomic mass is 35.5. The van der Waals surface area contributed by atoms with Crippen LogP contribution in [-0.4, -0.2) is 25.6 Å². The molecule has 0 amide bonds. The van der Waals surface area contributed by atoms with Gasteiger partial charge in [0.1, 0.15) is 10.6 Å². The second kappa shape index (κ2) is 9.30. The Morgan fingerprint density at radius 1 is 1.16 bits per heavy atom. The van der Waals surface area contributed by atoms with Crippen molar-refractivity contribution < 1.29 is 19.0 Å². The highest BCUT2D eigenvalue weighted by Gasteiger charge is 2.24. The van der Waals surface area contributed by atoms with E-state index in [1.165, 1.54) is 11.3 Å². The van der Waals surface area contributed by atoms with Crippen LogP contribution in [0.5, 0.6) is 11.5 Å². The van der Waals surface area contributed by atoms with Crippen LogP contribution in [0.15, 0.2) is 41.4 Å². The maximum atomic E-state index is 12.8. The molecule has 31 heavy (non-hydrogen) atoms. The highest BCUT2D eigenvalue weighted by molar-refractivity contribution is 7.16. The number of carbonyl (C=O) groups is 1. The molecule has 5 nitrogen and oxygen atoms in total. The minimum absolute atomic E-state index is 0.220. The summed E-state index contributed by atoms with van der Waals surface area (Å²) in [5.74, 6) is 1.05. The summed E-state index contributed by atoms with van der Waals surface area (Å²) in [5.41, 5.74) is 3.17. The lowest BCUT2D eigenvalue weighted by atomic mass is 10.0. The molecule has 4 rings (SSSR count). The van der Waals surface area contributed by atoms with Crippen LogP contribution < -0.4 is 9.47 Å². The third-order valence-electron chi connectivity index (χ3n) is 4.76. The van der Waals surface area contributed by atoms with Gasteiger partial charge in [0.25, 0.3) is 0 Å². The van der Waals surface area contributed by atoms with Crippen molar-refractivity contribution in [1.82, 2.24) is 0 Å². The van der Waals surface area contributed by atoms with Crippen LogP contribution in [0.1, 0.15) is 38.8 Å². The Kier molecular flexibility index (Phi) is 6.51. The lowest BCUT2D eigenvalue weighted by molar-refractivity contribution is 0.0527. The largest absolute Gasteiger partial charge is 0.462 e. The number of aliphatic imine (C=N–C) groups is 1. The number of ether oxygens (including phenoxy) is 3. The summed E-state index contributed by atoms with van der Waals surface area (Å²) < 4.78 is 16.2. The van der Waals surface area contributed by atoms with Gasteiger partial charge in [-0.15, -0.1) is 11.3 Å². The molecule has 0 unspecified atom stereocenters. The SMILES string of the molecule is CCOC(=O)c1c(N=Cc2ccc(Cl)c(Cl)c2)sc(C)c1Cc1ccc2c(c1)OCO2. The van der Waals surface area contributed by atoms with E-state index in [9.17, 15) is 4.79 Å². The van der Waals surface area contributed by atoms with Gasteiger partial charge in [-0.2, -0.15) is 0 Å². The average molecular weight is 476 g/mol. The van der Waals surface area contributed by atoms with Crippen molar-refractivity contribution in [2.24, 2.45) is 4.99 Å². The van der Waals surface area contributed by atoms with E-state index in [1.807, 2.05) is 31.2 Å². The second-order valence-corrected chi connectivity index (χ2v) is 8.85. The minimum atomic E-state index is -0.385. The molecule has 0 fully saturated rings. The van der Waals surface area contributed by atoms with Crippen LogP contribution in [0.3, 0.4) is 0 Å². The quantitative estimate of drug-likeness (QED) is 0.297. The summed E-state index contributed by atoms with van der Waals surface area (Å²) in [4.78, 5) is 18.4. The molecule has 2 aromatic carbocycles. The van der Waals surface area contributed by atoms with Crippen molar-refractivity contribution in [3.63, 3.8) is 0 Å². The fourth-order valence-electron chi connectivity index (χ4n) is 3.26. The monoisotopic (exact) mass is 475 g/mol. The lowest BCUT2D eigenvalue weighted by Crippen LogP contribution is -2.07. The molecule has 0 N–H and O–H groups in total. The van der Waals surface area contributed by atoms with Gasteiger partial charge in [0.15, 0.2) is 11.5 Å². The number of nitrogens with zero attached hydrogens (tertiary/aromatic N) is 1. The Labute approximate surface area is 194 Å². The third kappa shape index (κ3) is 4.71. The van der Waals surface area contributed by atoms with Gasteiger partial charge in [-0.3, -0.25) is 0 Å². The number of benzene rings is 2. The number of halogens is 2. The highest BCUT2D eigenvalue weighted by Crippen LogP contribution is 2.39. The summed E-state index contributed by atoms with van der Waals surface area (Å²) in [7, 11) is 0. The molecule has 0 aliphatic carbocycles. The van der Waals surface area contributed by atoms with Crippen molar-refractivity contribution in [2.75, 3.05) is 13.4 Å². The number of thiophene rings is 1. The van der Waals surface area contributed by atoms with E-state index in [-0.39, 0.29) is 19.4 Å². The van der Waals surface area contributed by atoms with Crippen LogP contribution in [0.25, 0.3) is 0 Å². The maximum absolute atomic E-state index is 12.8. The molecule has 0 radical (unpaired) electrons. The van der Waals surface area contributed by atoms with Crippen LogP contribution in [0.2, 0.25) is 10.0 Å². The van der Waals surface area contributed by atoms with Gasteiger partial charge in [-0.25, -0.2) is 9.79 Å². The summed E-state index contributed by atoms with van der Waals surface area (Å²) in [6, 6.07) is 11.0. The number of hydrogen-bond acceptors (Lipinski definition) is 6. The number of carbonyl (C=O) groups excluding carboxylic acids is 1. The first-order valence-electron chi connectivity index (χ1n) is 9.63. The van der Waals surface area contributed by atoms with Gasteiger partial charge >= 0.3 is 5.97 Å². The van der Waals surface area contributed by atoms with E-state index in [0.29, 0.717) is 32.8 Å². The first-order valence-corrected chi connectivity index (χ1v) is 11.2. The molecular weight excluding hydrogens is 457 g/mol. The standard InChI is InChI=1S/C23H19Cl2NO4S/c1-3-28-23(27)21-16(8-14-5-7-19-20(10-14)30-12-29-19)13(2)31-22(21)26-11-15-4-6-17(24)18(25)9-15/h4-7,9-11H,3,8,12H2,1-2H3. The van der Waals surface area contributed by atoms with E-state index in [4.69, 9.17) is 37.4 Å². The number of hydrogen-bond donors (Lipinski definition) is 0. The smallest absolute Gasteiger partial charge is 0.341 e. The summed E-state index contributed by atoms with van der Waals surface area (Å²) in [6.07, 6.45) is 2.22. The Morgan fingerprint density at radius 3 is 2.74 bits per heavy atom. The average Bonchev–Trinajstić information content (AvgIpc) is 3.33. The predicted molar refractivity (Wildman–Crippen MR) is 124 cm³/mol. The Balaban J connectivity index is 1.69. The van der Waals surface area contributed by atoms with E-state index in [2.05, 4.69) is 4.99 Å². The maximum Gasteiger partial charge on any atom is 0.341 e. The van der Waals surface area contributed by atoms with Crippen molar-refractivity contribution in [3.8, 4) is 11.5 Å². The van der Waals surface area contributed by atoms with Crippen LogP contribution in [-0.2, 0) is 11.2 Å². The number of fused-ring (bicyclic) bond motifs is 1. The molecule has 1 aliphatic rings. The van der Waals surface area contributed by atoms with Gasteiger partial charge in [0.05, 0.1) is 16.7 Å². The van der Waals surface area contributed by atoms with Crippen molar-refractivity contribution >= 4 is 51.7 Å². The van der Waals surface area contributed by atoms with Gasteiger partial charge < -0.3 is 14.2 Å². The number of esters is 1. The molecule has 1 aliphatic heterocycles. The first-order chi connectivity index (χ1) is 15.0. The van der Waals surface area contributed by atoms with E-state index < -0.39 is 0 Å². The van der Waals surface area contributed by atoms with E-state index in [0.717, 1.165) is 27.3 Å². The molecule has 0 bridgehead atoms. The summed E-state index contributed by atoms with van der Waals surface area (Å²) in [6.45, 7) is 4.27.